The number of carbonyl (C=O) groups excluding carboxylic acids is 1. The molecule has 0 spiro atoms. The summed E-state index contributed by atoms with van der Waals surface area (Å²) in [4.78, 5) is 21.0. The average Bonchev–Trinajstić information content (AvgIpc) is 3.45. The van der Waals surface area contributed by atoms with Crippen LogP contribution in [0.1, 0.15) is 18.5 Å². The Labute approximate surface area is 173 Å². The van der Waals surface area contributed by atoms with Gasteiger partial charge in [0.05, 0.1) is 17.0 Å². The van der Waals surface area contributed by atoms with Gasteiger partial charge in [0.1, 0.15) is 5.01 Å². The van der Waals surface area contributed by atoms with Gasteiger partial charge in [-0.15, -0.1) is 11.3 Å². The van der Waals surface area contributed by atoms with E-state index in [1.165, 1.54) is 23.5 Å². The van der Waals surface area contributed by atoms with Crippen molar-refractivity contribution in [2.45, 2.75) is 24.2 Å². The van der Waals surface area contributed by atoms with E-state index in [0.29, 0.717) is 23.8 Å². The zero-order chi connectivity index (χ0) is 20.3. The number of anilines is 1. The van der Waals surface area contributed by atoms with Gasteiger partial charge in [-0.2, -0.15) is 0 Å². The molecule has 0 unspecified atom stereocenters. The molecular formula is C20H20N4O3S2. The third kappa shape index (κ3) is 5.26. The van der Waals surface area contributed by atoms with Crippen molar-refractivity contribution < 1.29 is 13.2 Å². The molecule has 2 N–H and O–H groups in total. The molecule has 2 aromatic heterocycles. The van der Waals surface area contributed by atoms with E-state index in [2.05, 4.69) is 20.0 Å². The Morgan fingerprint density at radius 1 is 1.17 bits per heavy atom. The molecule has 3 aromatic rings. The van der Waals surface area contributed by atoms with Crippen molar-refractivity contribution in [2.24, 2.45) is 5.92 Å². The zero-order valence-electron chi connectivity index (χ0n) is 15.5. The Balaban J connectivity index is 1.34. The van der Waals surface area contributed by atoms with Crippen molar-refractivity contribution >= 4 is 33.0 Å². The molecule has 1 aliphatic carbocycles. The molecule has 0 radical (unpaired) electrons. The highest BCUT2D eigenvalue weighted by Crippen LogP contribution is 2.28. The first kappa shape index (κ1) is 19.7. The highest BCUT2D eigenvalue weighted by Gasteiger charge is 2.24. The van der Waals surface area contributed by atoms with E-state index in [1.807, 2.05) is 17.5 Å². The number of hydrogen-bond donors (Lipinski definition) is 2. The highest BCUT2D eigenvalue weighted by molar-refractivity contribution is 7.89. The lowest BCUT2D eigenvalue weighted by Gasteiger charge is -2.08. The average molecular weight is 429 g/mol. The highest BCUT2D eigenvalue weighted by atomic mass is 32.2. The van der Waals surface area contributed by atoms with Gasteiger partial charge < -0.3 is 5.32 Å². The van der Waals surface area contributed by atoms with Crippen molar-refractivity contribution in [3.8, 4) is 10.6 Å². The SMILES string of the molecule is O=C(Cc1csc(-c2cccnc2)n1)Nc1ccc(S(=O)(=O)NCC2CC2)cc1. The fourth-order valence-electron chi connectivity index (χ4n) is 2.73. The lowest BCUT2D eigenvalue weighted by atomic mass is 10.2. The maximum absolute atomic E-state index is 12.3. The molecule has 0 bridgehead atoms. The molecule has 29 heavy (non-hydrogen) atoms. The zero-order valence-corrected chi connectivity index (χ0v) is 17.2. The third-order valence-electron chi connectivity index (χ3n) is 4.51. The second kappa shape index (κ2) is 8.40. The van der Waals surface area contributed by atoms with E-state index in [-0.39, 0.29) is 17.2 Å². The van der Waals surface area contributed by atoms with Crippen molar-refractivity contribution in [1.82, 2.24) is 14.7 Å². The molecule has 0 atom stereocenters. The van der Waals surface area contributed by atoms with E-state index < -0.39 is 10.0 Å². The number of pyridine rings is 1. The van der Waals surface area contributed by atoms with E-state index in [4.69, 9.17) is 0 Å². The third-order valence-corrected chi connectivity index (χ3v) is 6.89. The van der Waals surface area contributed by atoms with Crippen molar-refractivity contribution in [1.29, 1.82) is 0 Å². The fraction of sp³-hybridized carbons (Fsp3) is 0.250. The smallest absolute Gasteiger partial charge is 0.240 e. The van der Waals surface area contributed by atoms with Crippen LogP contribution in [0.5, 0.6) is 0 Å². The number of thiazole rings is 1. The summed E-state index contributed by atoms with van der Waals surface area (Å²) < 4.78 is 27.1. The predicted octanol–water partition coefficient (Wildman–Crippen LogP) is 3.07. The molecule has 1 aliphatic rings. The van der Waals surface area contributed by atoms with Gasteiger partial charge in [-0.1, -0.05) is 0 Å². The van der Waals surface area contributed by atoms with Crippen LogP contribution < -0.4 is 10.0 Å². The Kier molecular flexibility index (Phi) is 5.70. The molecule has 0 saturated heterocycles. The molecule has 1 aromatic carbocycles. The molecule has 1 amide bonds. The van der Waals surface area contributed by atoms with E-state index in [0.717, 1.165) is 23.4 Å². The Morgan fingerprint density at radius 2 is 1.97 bits per heavy atom. The topological polar surface area (TPSA) is 101 Å². The van der Waals surface area contributed by atoms with Crippen LogP contribution in [0, 0.1) is 5.92 Å². The lowest BCUT2D eigenvalue weighted by Crippen LogP contribution is -2.25. The number of hydrogen-bond acceptors (Lipinski definition) is 6. The van der Waals surface area contributed by atoms with Gasteiger partial charge in [-0.25, -0.2) is 18.1 Å². The van der Waals surface area contributed by atoms with Crippen LogP contribution in [0.25, 0.3) is 10.6 Å². The second-order valence-electron chi connectivity index (χ2n) is 6.93. The maximum atomic E-state index is 12.3. The summed E-state index contributed by atoms with van der Waals surface area (Å²) >= 11 is 1.46. The van der Waals surface area contributed by atoms with Crippen LogP contribution in [0.2, 0.25) is 0 Å². The molecule has 150 valence electrons. The minimum atomic E-state index is -3.51. The van der Waals surface area contributed by atoms with Gasteiger partial charge in [-0.05, 0) is 55.2 Å². The molecular weight excluding hydrogens is 408 g/mol. The predicted molar refractivity (Wildman–Crippen MR) is 112 cm³/mol. The first-order valence-corrected chi connectivity index (χ1v) is 11.6. The molecule has 0 aliphatic heterocycles. The summed E-state index contributed by atoms with van der Waals surface area (Å²) in [5.74, 6) is 0.253. The summed E-state index contributed by atoms with van der Waals surface area (Å²) in [5, 5.41) is 5.44. The second-order valence-corrected chi connectivity index (χ2v) is 9.56. The van der Waals surface area contributed by atoms with Crippen molar-refractivity contribution in [3.63, 3.8) is 0 Å². The summed E-state index contributed by atoms with van der Waals surface area (Å²) in [6, 6.07) is 9.93. The van der Waals surface area contributed by atoms with Crippen LogP contribution in [0.15, 0.2) is 59.1 Å². The van der Waals surface area contributed by atoms with Crippen molar-refractivity contribution in [2.75, 3.05) is 11.9 Å². The van der Waals surface area contributed by atoms with Gasteiger partial charge in [-0.3, -0.25) is 9.78 Å². The quantitative estimate of drug-likeness (QED) is 0.574. The van der Waals surface area contributed by atoms with Gasteiger partial charge in [0.2, 0.25) is 15.9 Å². The molecule has 2 heterocycles. The molecule has 1 fully saturated rings. The van der Waals surface area contributed by atoms with Gasteiger partial charge >= 0.3 is 0 Å². The first-order chi connectivity index (χ1) is 14.0. The molecule has 9 heteroatoms. The van der Waals surface area contributed by atoms with Crippen LogP contribution in [0.3, 0.4) is 0 Å². The number of rotatable bonds is 8. The van der Waals surface area contributed by atoms with Crippen LogP contribution >= 0.6 is 11.3 Å². The maximum Gasteiger partial charge on any atom is 0.240 e. The number of nitrogens with zero attached hydrogens (tertiary/aromatic N) is 2. The van der Waals surface area contributed by atoms with Gasteiger partial charge in [0, 0.05) is 35.6 Å². The molecule has 4 rings (SSSR count). The number of sulfonamides is 1. The van der Waals surface area contributed by atoms with E-state index >= 15 is 0 Å². The minimum Gasteiger partial charge on any atom is -0.326 e. The number of carbonyl (C=O) groups is 1. The lowest BCUT2D eigenvalue weighted by molar-refractivity contribution is -0.115. The summed E-state index contributed by atoms with van der Waals surface area (Å²) in [6.07, 6.45) is 5.73. The Morgan fingerprint density at radius 3 is 2.66 bits per heavy atom. The molecule has 7 nitrogen and oxygen atoms in total. The summed E-state index contributed by atoms with van der Waals surface area (Å²) in [7, 11) is -3.51. The van der Waals surface area contributed by atoms with Crippen LogP contribution in [-0.4, -0.2) is 30.8 Å². The Bertz CT molecular complexity index is 1090. The number of benzene rings is 1. The summed E-state index contributed by atoms with van der Waals surface area (Å²) in [5.41, 5.74) is 2.13. The van der Waals surface area contributed by atoms with Gasteiger partial charge in [0.25, 0.3) is 0 Å². The van der Waals surface area contributed by atoms with Gasteiger partial charge in [0.15, 0.2) is 0 Å². The number of nitrogens with one attached hydrogen (secondary N) is 2. The normalized spacial score (nSPS) is 13.9. The fourth-order valence-corrected chi connectivity index (χ4v) is 4.66. The van der Waals surface area contributed by atoms with Crippen LogP contribution in [-0.2, 0) is 21.2 Å². The van der Waals surface area contributed by atoms with E-state index in [9.17, 15) is 13.2 Å². The number of aromatic nitrogens is 2. The number of amides is 1. The monoisotopic (exact) mass is 428 g/mol. The standard InChI is InChI=1S/C20H20N4O3S2/c25-19(10-17-13-28-20(24-17)15-2-1-9-21-12-15)23-16-5-7-18(8-6-16)29(26,27)22-11-14-3-4-14/h1-2,5-9,12-14,22H,3-4,10-11H2,(H,23,25). The molecule has 1 saturated carbocycles. The largest absolute Gasteiger partial charge is 0.326 e. The minimum absolute atomic E-state index is 0.139. The summed E-state index contributed by atoms with van der Waals surface area (Å²) in [6.45, 7) is 0.482. The van der Waals surface area contributed by atoms with E-state index in [1.54, 1.807) is 24.5 Å². The first-order valence-electron chi connectivity index (χ1n) is 9.24. The Hall–Kier alpha value is -2.62. The van der Waals surface area contributed by atoms with Crippen molar-refractivity contribution in [3.05, 3.63) is 59.9 Å². The van der Waals surface area contributed by atoms with Crippen LogP contribution in [0.4, 0.5) is 5.69 Å².